The van der Waals surface area contributed by atoms with Crippen molar-refractivity contribution in [2.24, 2.45) is 0 Å². The molecule has 1 atom stereocenters. The number of nitrogens with zero attached hydrogens (tertiary/aromatic N) is 1. The Bertz CT molecular complexity index is 758. The fourth-order valence-corrected chi connectivity index (χ4v) is 3.06. The van der Waals surface area contributed by atoms with E-state index in [0.29, 0.717) is 25.6 Å². The van der Waals surface area contributed by atoms with E-state index in [1.54, 1.807) is 30.3 Å². The van der Waals surface area contributed by atoms with E-state index in [1.807, 2.05) is 12.1 Å². The fraction of sp³-hybridized carbons (Fsp3) is 0.0667. The topological polar surface area (TPSA) is 40.9 Å². The van der Waals surface area contributed by atoms with Gasteiger partial charge in [-0.15, -0.1) is 0 Å². The first kappa shape index (κ1) is 16.8. The van der Waals surface area contributed by atoms with Gasteiger partial charge < -0.3 is 0 Å². The molecule has 0 N–H and O–H groups in total. The highest BCUT2D eigenvalue weighted by atomic mass is 127. The van der Waals surface area contributed by atoms with Gasteiger partial charge in [0.1, 0.15) is 5.92 Å². The Morgan fingerprint density at radius 2 is 1.90 bits per heavy atom. The molecule has 2 aromatic rings. The third kappa shape index (κ3) is 3.78. The molecule has 0 bridgehead atoms. The van der Waals surface area contributed by atoms with E-state index in [1.165, 1.54) is 0 Å². The molecule has 0 radical (unpaired) electrons. The zero-order valence-corrected chi connectivity index (χ0v) is 15.7. The lowest BCUT2D eigenvalue weighted by atomic mass is 9.92. The normalized spacial score (nSPS) is 11.8. The van der Waals surface area contributed by atoms with Crippen LogP contribution in [0.15, 0.2) is 40.9 Å². The van der Waals surface area contributed by atoms with Crippen LogP contribution in [-0.2, 0) is 0 Å². The summed E-state index contributed by atoms with van der Waals surface area (Å²) in [5, 5.41) is 10.1. The summed E-state index contributed by atoms with van der Waals surface area (Å²) in [6.45, 7) is 0. The number of halogens is 4. The predicted octanol–water partition coefficient (Wildman–Crippen LogP) is 5.85. The molecule has 21 heavy (non-hydrogen) atoms. The van der Waals surface area contributed by atoms with Crippen LogP contribution in [0.4, 0.5) is 0 Å². The van der Waals surface area contributed by atoms with Crippen LogP contribution in [0.2, 0.25) is 10.0 Å². The van der Waals surface area contributed by atoms with Crippen LogP contribution in [0.3, 0.4) is 0 Å². The Morgan fingerprint density at radius 3 is 2.52 bits per heavy atom. The lowest BCUT2D eigenvalue weighted by Gasteiger charge is -2.11. The fourth-order valence-electron chi connectivity index (χ4n) is 1.82. The van der Waals surface area contributed by atoms with E-state index in [4.69, 9.17) is 23.2 Å². The Hall–Kier alpha value is -0.610. The molecule has 0 aliphatic carbocycles. The average molecular weight is 495 g/mol. The van der Waals surface area contributed by atoms with Crippen molar-refractivity contribution in [2.45, 2.75) is 5.92 Å². The Kier molecular flexibility index (Phi) is 5.67. The molecule has 0 aliphatic rings. The number of nitriles is 1. The van der Waals surface area contributed by atoms with E-state index in [0.717, 1.165) is 3.57 Å². The average Bonchev–Trinajstić information content (AvgIpc) is 2.46. The van der Waals surface area contributed by atoms with Crippen molar-refractivity contribution in [3.05, 3.63) is 65.6 Å². The second-order valence-corrected chi connectivity index (χ2v) is 7.14. The van der Waals surface area contributed by atoms with Crippen molar-refractivity contribution in [1.29, 1.82) is 5.26 Å². The molecule has 0 spiro atoms. The summed E-state index contributed by atoms with van der Waals surface area (Å²) < 4.78 is 1.58. The molecule has 6 heteroatoms. The minimum absolute atomic E-state index is 0.277. The zero-order chi connectivity index (χ0) is 15.6. The van der Waals surface area contributed by atoms with Gasteiger partial charge in [-0.3, -0.25) is 4.79 Å². The van der Waals surface area contributed by atoms with Crippen LogP contribution in [0.1, 0.15) is 21.8 Å². The minimum Gasteiger partial charge on any atom is -0.292 e. The molecular weight excluding hydrogens is 488 g/mol. The maximum absolute atomic E-state index is 12.6. The predicted molar refractivity (Wildman–Crippen MR) is 96.0 cm³/mol. The highest BCUT2D eigenvalue weighted by molar-refractivity contribution is 14.1. The number of hydrogen-bond donors (Lipinski definition) is 0. The van der Waals surface area contributed by atoms with Crippen LogP contribution in [-0.4, -0.2) is 5.78 Å². The third-order valence-corrected chi connectivity index (χ3v) is 4.96. The van der Waals surface area contributed by atoms with E-state index in [9.17, 15) is 10.1 Å². The van der Waals surface area contributed by atoms with Crippen molar-refractivity contribution in [1.82, 2.24) is 0 Å². The van der Waals surface area contributed by atoms with Gasteiger partial charge in [-0.05, 0) is 58.5 Å². The summed E-state index contributed by atoms with van der Waals surface area (Å²) in [5.74, 6) is -1.20. The summed E-state index contributed by atoms with van der Waals surface area (Å²) >= 11 is 17.3. The van der Waals surface area contributed by atoms with Crippen molar-refractivity contribution < 1.29 is 4.79 Å². The smallest absolute Gasteiger partial charge is 0.185 e. The Labute approximate surface area is 154 Å². The lowest BCUT2D eigenvalue weighted by Crippen LogP contribution is -2.12. The Balaban J connectivity index is 2.46. The quantitative estimate of drug-likeness (QED) is 0.396. The lowest BCUT2D eigenvalue weighted by molar-refractivity contribution is 0.0978. The van der Waals surface area contributed by atoms with E-state index in [2.05, 4.69) is 38.5 Å². The van der Waals surface area contributed by atoms with Gasteiger partial charge in [0.2, 0.25) is 0 Å². The maximum atomic E-state index is 12.6. The standard InChI is InChI=1S/C15H7BrCl2INO/c16-12-3-2-9(19)6-10(12)15(21)11(7-20)8-1-4-13(17)14(18)5-8/h1-6,11H. The maximum Gasteiger partial charge on any atom is 0.185 e. The summed E-state index contributed by atoms with van der Waals surface area (Å²) in [4.78, 5) is 12.6. The summed E-state index contributed by atoms with van der Waals surface area (Å²) in [6, 6.07) is 12.2. The molecule has 0 amide bonds. The summed E-state index contributed by atoms with van der Waals surface area (Å²) in [6.07, 6.45) is 0. The minimum atomic E-state index is -0.922. The highest BCUT2D eigenvalue weighted by Crippen LogP contribution is 2.30. The van der Waals surface area contributed by atoms with E-state index < -0.39 is 5.92 Å². The van der Waals surface area contributed by atoms with Gasteiger partial charge in [-0.1, -0.05) is 45.2 Å². The van der Waals surface area contributed by atoms with E-state index in [-0.39, 0.29) is 5.78 Å². The van der Waals surface area contributed by atoms with Gasteiger partial charge in [-0.25, -0.2) is 0 Å². The van der Waals surface area contributed by atoms with Crippen LogP contribution >= 0.6 is 61.7 Å². The number of ketones is 1. The summed E-state index contributed by atoms with van der Waals surface area (Å²) in [7, 11) is 0. The van der Waals surface area contributed by atoms with Gasteiger partial charge >= 0.3 is 0 Å². The molecule has 0 heterocycles. The van der Waals surface area contributed by atoms with Gasteiger partial charge in [0.05, 0.1) is 16.1 Å². The monoisotopic (exact) mass is 493 g/mol. The molecule has 2 nitrogen and oxygen atoms in total. The van der Waals surface area contributed by atoms with Crippen molar-refractivity contribution in [3.63, 3.8) is 0 Å². The molecule has 2 aromatic carbocycles. The van der Waals surface area contributed by atoms with Gasteiger partial charge in [-0.2, -0.15) is 5.26 Å². The second-order valence-electron chi connectivity index (χ2n) is 4.22. The number of carbonyl (C=O) groups excluding carboxylic acids is 1. The first-order chi connectivity index (χ1) is 9.93. The molecule has 106 valence electrons. The van der Waals surface area contributed by atoms with Gasteiger partial charge in [0.25, 0.3) is 0 Å². The number of Topliss-reactive ketones (excluding diaryl/α,β-unsaturated/α-hetero) is 1. The number of rotatable bonds is 3. The molecule has 0 saturated carbocycles. The first-order valence-corrected chi connectivity index (χ1v) is 8.40. The highest BCUT2D eigenvalue weighted by Gasteiger charge is 2.24. The molecule has 1 unspecified atom stereocenters. The molecule has 0 saturated heterocycles. The molecule has 0 aromatic heterocycles. The van der Waals surface area contributed by atoms with Crippen molar-refractivity contribution in [2.75, 3.05) is 0 Å². The number of carbonyl (C=O) groups is 1. The van der Waals surface area contributed by atoms with Crippen molar-refractivity contribution >= 4 is 67.5 Å². The number of benzene rings is 2. The Morgan fingerprint density at radius 1 is 1.19 bits per heavy atom. The third-order valence-electron chi connectivity index (χ3n) is 2.86. The van der Waals surface area contributed by atoms with Crippen LogP contribution in [0.25, 0.3) is 0 Å². The van der Waals surface area contributed by atoms with Crippen LogP contribution < -0.4 is 0 Å². The van der Waals surface area contributed by atoms with Gasteiger partial charge in [0.15, 0.2) is 5.78 Å². The molecule has 2 rings (SSSR count). The molecular formula is C15H7BrCl2INO. The van der Waals surface area contributed by atoms with Gasteiger partial charge in [0, 0.05) is 13.6 Å². The second kappa shape index (κ2) is 7.10. The van der Waals surface area contributed by atoms with Crippen LogP contribution in [0.5, 0.6) is 0 Å². The van der Waals surface area contributed by atoms with Crippen molar-refractivity contribution in [3.8, 4) is 6.07 Å². The molecule has 0 aliphatic heterocycles. The zero-order valence-electron chi connectivity index (χ0n) is 10.4. The SMILES string of the molecule is N#CC(C(=O)c1cc(I)ccc1Br)c1ccc(Cl)c(Cl)c1. The number of hydrogen-bond acceptors (Lipinski definition) is 2. The molecule has 0 fully saturated rings. The first-order valence-electron chi connectivity index (χ1n) is 5.78. The summed E-state index contributed by atoms with van der Waals surface area (Å²) in [5.41, 5.74) is 1.00. The largest absolute Gasteiger partial charge is 0.292 e. The van der Waals surface area contributed by atoms with E-state index >= 15 is 0 Å². The van der Waals surface area contributed by atoms with Crippen LogP contribution in [0, 0.1) is 14.9 Å².